The summed E-state index contributed by atoms with van der Waals surface area (Å²) in [6.07, 6.45) is 1.56. The first kappa shape index (κ1) is 17.2. The summed E-state index contributed by atoms with van der Waals surface area (Å²) in [4.78, 5) is 14.5. The Morgan fingerprint density at radius 3 is 2.81 bits per heavy atom. The van der Waals surface area contributed by atoms with Crippen molar-refractivity contribution in [1.29, 1.82) is 0 Å². The molecular weight excluding hydrogens is 336 g/mol. The van der Waals surface area contributed by atoms with Crippen molar-refractivity contribution in [2.45, 2.75) is 45.1 Å². The van der Waals surface area contributed by atoms with Gasteiger partial charge in [0.1, 0.15) is 5.69 Å². The summed E-state index contributed by atoms with van der Waals surface area (Å²) in [6.45, 7) is 4.85. The highest BCUT2D eigenvalue weighted by atomic mass is 16.5. The zero-order valence-electron chi connectivity index (χ0n) is 15.4. The normalized spacial score (nSPS) is 19.0. The van der Waals surface area contributed by atoms with Gasteiger partial charge in [-0.15, -0.1) is 5.10 Å². The number of nitrogens with zero attached hydrogens (tertiary/aromatic N) is 6. The van der Waals surface area contributed by atoms with Crippen LogP contribution in [0.3, 0.4) is 0 Å². The fourth-order valence-electron chi connectivity index (χ4n) is 3.69. The third-order valence-electron chi connectivity index (χ3n) is 5.45. The van der Waals surface area contributed by atoms with Crippen molar-refractivity contribution in [2.75, 3.05) is 20.2 Å². The lowest BCUT2D eigenvalue weighted by atomic mass is 9.89. The van der Waals surface area contributed by atoms with E-state index in [2.05, 4.69) is 15.4 Å². The minimum Gasteiger partial charge on any atom is -0.378 e. The summed E-state index contributed by atoms with van der Waals surface area (Å²) in [5.41, 5.74) is 3.03. The van der Waals surface area contributed by atoms with Crippen LogP contribution in [0.2, 0.25) is 0 Å². The van der Waals surface area contributed by atoms with E-state index in [4.69, 9.17) is 9.47 Å². The van der Waals surface area contributed by atoms with Gasteiger partial charge in [-0.3, -0.25) is 9.48 Å². The first-order valence-corrected chi connectivity index (χ1v) is 8.85. The van der Waals surface area contributed by atoms with E-state index in [1.807, 2.05) is 29.6 Å². The number of rotatable bonds is 3. The predicted molar refractivity (Wildman–Crippen MR) is 91.3 cm³/mol. The SMILES string of the molecule is COCc1nnn2c1COC1(CCN(C(=O)c3cc(C)n(C)n3)CC1)C2. The third kappa shape index (κ3) is 2.90. The van der Waals surface area contributed by atoms with Crippen LogP contribution in [0.15, 0.2) is 6.07 Å². The second-order valence-corrected chi connectivity index (χ2v) is 7.13. The van der Waals surface area contributed by atoms with E-state index in [9.17, 15) is 4.79 Å². The van der Waals surface area contributed by atoms with E-state index in [1.165, 1.54) is 0 Å². The second kappa shape index (κ2) is 6.48. The monoisotopic (exact) mass is 360 g/mol. The van der Waals surface area contributed by atoms with Crippen LogP contribution in [0.4, 0.5) is 0 Å². The van der Waals surface area contributed by atoms with Crippen molar-refractivity contribution in [3.8, 4) is 0 Å². The molecular formula is C17H24N6O3. The Kier molecular flexibility index (Phi) is 4.28. The van der Waals surface area contributed by atoms with Gasteiger partial charge in [0.05, 0.1) is 31.1 Å². The molecule has 0 unspecified atom stereocenters. The molecule has 2 aromatic heterocycles. The number of aromatic nitrogens is 5. The number of fused-ring (bicyclic) bond motifs is 1. The molecule has 1 fully saturated rings. The summed E-state index contributed by atoms with van der Waals surface area (Å²) < 4.78 is 15.0. The van der Waals surface area contributed by atoms with Gasteiger partial charge in [0.2, 0.25) is 0 Å². The summed E-state index contributed by atoms with van der Waals surface area (Å²) in [5, 5.41) is 12.7. The van der Waals surface area contributed by atoms with Crippen LogP contribution in [0.25, 0.3) is 0 Å². The molecule has 2 aromatic rings. The molecule has 26 heavy (non-hydrogen) atoms. The predicted octanol–water partition coefficient (Wildman–Crippen LogP) is 0.672. The van der Waals surface area contributed by atoms with Gasteiger partial charge in [0.15, 0.2) is 5.69 Å². The average molecular weight is 360 g/mol. The van der Waals surface area contributed by atoms with Gasteiger partial charge in [-0.1, -0.05) is 5.21 Å². The quantitative estimate of drug-likeness (QED) is 0.800. The lowest BCUT2D eigenvalue weighted by Gasteiger charge is -2.43. The molecule has 0 radical (unpaired) electrons. The smallest absolute Gasteiger partial charge is 0.274 e. The second-order valence-electron chi connectivity index (χ2n) is 7.13. The van der Waals surface area contributed by atoms with Gasteiger partial charge >= 0.3 is 0 Å². The Balaban J connectivity index is 1.42. The molecule has 9 nitrogen and oxygen atoms in total. The number of carbonyl (C=O) groups is 1. The molecule has 0 aromatic carbocycles. The maximum Gasteiger partial charge on any atom is 0.274 e. The lowest BCUT2D eigenvalue weighted by Crippen LogP contribution is -2.52. The highest BCUT2D eigenvalue weighted by molar-refractivity contribution is 5.92. The van der Waals surface area contributed by atoms with E-state index in [0.717, 1.165) is 29.9 Å². The summed E-state index contributed by atoms with van der Waals surface area (Å²) in [6, 6.07) is 1.84. The van der Waals surface area contributed by atoms with Gasteiger partial charge in [-0.25, -0.2) is 4.68 Å². The van der Waals surface area contributed by atoms with Crippen LogP contribution >= 0.6 is 0 Å². The molecule has 4 rings (SSSR count). The third-order valence-corrected chi connectivity index (χ3v) is 5.45. The molecule has 1 amide bonds. The molecule has 0 N–H and O–H groups in total. The van der Waals surface area contributed by atoms with Gasteiger partial charge in [0, 0.05) is 32.9 Å². The molecule has 9 heteroatoms. The number of carbonyl (C=O) groups excluding carboxylic acids is 1. The Morgan fingerprint density at radius 2 is 2.15 bits per heavy atom. The Labute approximate surface area is 151 Å². The van der Waals surface area contributed by atoms with Crippen LogP contribution in [0, 0.1) is 6.92 Å². The van der Waals surface area contributed by atoms with Crippen LogP contribution in [0.1, 0.15) is 40.4 Å². The Hall–Kier alpha value is -2.26. The van der Waals surface area contributed by atoms with Gasteiger partial charge < -0.3 is 14.4 Å². The van der Waals surface area contributed by atoms with Crippen LogP contribution in [0.5, 0.6) is 0 Å². The lowest BCUT2D eigenvalue weighted by molar-refractivity contribution is -0.120. The van der Waals surface area contributed by atoms with Gasteiger partial charge in [-0.05, 0) is 25.8 Å². The molecule has 2 aliphatic rings. The first-order chi connectivity index (χ1) is 12.5. The molecule has 0 aliphatic carbocycles. The summed E-state index contributed by atoms with van der Waals surface area (Å²) in [5.74, 6) is -0.0109. The van der Waals surface area contributed by atoms with Gasteiger partial charge in [0.25, 0.3) is 5.91 Å². The zero-order valence-corrected chi connectivity index (χ0v) is 15.4. The van der Waals surface area contributed by atoms with Crippen LogP contribution < -0.4 is 0 Å². The van der Waals surface area contributed by atoms with Crippen molar-refractivity contribution < 1.29 is 14.3 Å². The highest BCUT2D eigenvalue weighted by Crippen LogP contribution is 2.33. The fraction of sp³-hybridized carbons (Fsp3) is 0.647. The molecule has 1 saturated heterocycles. The van der Waals surface area contributed by atoms with Crippen molar-refractivity contribution in [2.24, 2.45) is 7.05 Å². The zero-order chi connectivity index (χ0) is 18.3. The van der Waals surface area contributed by atoms with E-state index in [-0.39, 0.29) is 11.5 Å². The molecule has 0 saturated carbocycles. The topological polar surface area (TPSA) is 87.3 Å². The number of methoxy groups -OCH3 is 1. The van der Waals surface area contributed by atoms with Crippen molar-refractivity contribution >= 4 is 5.91 Å². The largest absolute Gasteiger partial charge is 0.378 e. The van der Waals surface area contributed by atoms with E-state index in [0.29, 0.717) is 38.5 Å². The summed E-state index contributed by atoms with van der Waals surface area (Å²) in [7, 11) is 3.49. The van der Waals surface area contributed by atoms with E-state index in [1.54, 1.807) is 11.8 Å². The number of piperidine rings is 1. The standard InChI is InChI=1S/C17H24N6O3/c1-12-8-13(19-21(12)2)16(24)22-6-4-17(5-7-22)11-23-15(10-26-17)14(9-25-3)18-20-23/h8H,4-7,9-11H2,1-3H3. The fourth-order valence-corrected chi connectivity index (χ4v) is 3.69. The Bertz CT molecular complexity index is 799. The van der Waals surface area contributed by atoms with Crippen LogP contribution in [-0.2, 0) is 36.3 Å². The minimum atomic E-state index is -0.276. The molecule has 0 atom stereocenters. The van der Waals surface area contributed by atoms with E-state index < -0.39 is 0 Å². The van der Waals surface area contributed by atoms with Gasteiger partial charge in [-0.2, -0.15) is 5.10 Å². The molecule has 140 valence electrons. The number of amides is 1. The highest BCUT2D eigenvalue weighted by Gasteiger charge is 2.41. The molecule has 1 spiro atoms. The number of hydrogen-bond donors (Lipinski definition) is 0. The number of likely N-dealkylation sites (tertiary alicyclic amines) is 1. The average Bonchev–Trinajstić information content (AvgIpc) is 3.18. The van der Waals surface area contributed by atoms with Crippen LogP contribution in [-0.4, -0.2) is 61.4 Å². The number of ether oxygens (including phenoxy) is 2. The molecule has 0 bridgehead atoms. The van der Waals surface area contributed by atoms with Crippen molar-refractivity contribution in [1.82, 2.24) is 29.7 Å². The molecule has 2 aliphatic heterocycles. The summed E-state index contributed by atoms with van der Waals surface area (Å²) >= 11 is 0. The minimum absolute atomic E-state index is 0.0109. The maximum atomic E-state index is 12.7. The Morgan fingerprint density at radius 1 is 1.38 bits per heavy atom. The van der Waals surface area contributed by atoms with Crippen molar-refractivity contribution in [3.63, 3.8) is 0 Å². The first-order valence-electron chi connectivity index (χ1n) is 8.85. The molecule has 4 heterocycles. The number of hydrogen-bond acceptors (Lipinski definition) is 6. The van der Waals surface area contributed by atoms with E-state index >= 15 is 0 Å². The van der Waals surface area contributed by atoms with Crippen molar-refractivity contribution in [3.05, 3.63) is 28.8 Å². The maximum absolute atomic E-state index is 12.7. The number of aryl methyl sites for hydroxylation is 2.